The van der Waals surface area contributed by atoms with Gasteiger partial charge < -0.3 is 26.4 Å². The van der Waals surface area contributed by atoms with Gasteiger partial charge >= 0.3 is 0 Å². The fourth-order valence-corrected chi connectivity index (χ4v) is 5.06. The second-order valence-corrected chi connectivity index (χ2v) is 11.0. The Morgan fingerprint density at radius 2 is 1.51 bits per heavy atom. The van der Waals surface area contributed by atoms with Gasteiger partial charge in [0.1, 0.15) is 0 Å². The average molecular weight is 624 g/mol. The quantitative estimate of drug-likeness (QED) is 0.201. The predicted octanol–water partition coefficient (Wildman–Crippen LogP) is 4.30. The minimum Gasteiger partial charge on any atom is -0.390 e. The fourth-order valence-electron chi connectivity index (χ4n) is 4.62. The Labute approximate surface area is 250 Å². The summed E-state index contributed by atoms with van der Waals surface area (Å²) in [6.07, 6.45) is 0.998. The van der Waals surface area contributed by atoms with Gasteiger partial charge in [0.2, 0.25) is 5.91 Å². The molecule has 0 aliphatic rings. The molecule has 0 unspecified atom stereocenters. The van der Waals surface area contributed by atoms with E-state index in [9.17, 15) is 19.5 Å². The van der Waals surface area contributed by atoms with Crippen molar-refractivity contribution in [2.75, 3.05) is 19.6 Å². The zero-order valence-corrected chi connectivity index (χ0v) is 25.2. The van der Waals surface area contributed by atoms with Gasteiger partial charge in [-0.1, -0.05) is 72.2 Å². The highest BCUT2D eigenvalue weighted by Gasteiger charge is 2.25. The van der Waals surface area contributed by atoms with Crippen molar-refractivity contribution in [3.8, 4) is 0 Å². The standard InChI is InChI=1S/C32H39BrN4O4/c1-3-13-37(14-4-2)32(41)26-18-24(30(34)39)17-25(19-26)31(40)36-28(16-23-11-8-12-27(33)15-23)29(38)21-35-20-22-9-6-5-7-10-22/h5-12,15,17-19,28-29,35,38H,3-4,13-14,16,20-21H2,1-2H3,(H2,34,39)(H,36,40)/t28-,29+/m0/s1. The number of hydrogen-bond acceptors (Lipinski definition) is 5. The molecule has 0 aliphatic carbocycles. The number of nitrogens with zero attached hydrogens (tertiary/aromatic N) is 1. The Bertz CT molecular complexity index is 1310. The highest BCUT2D eigenvalue weighted by molar-refractivity contribution is 9.10. The van der Waals surface area contributed by atoms with Gasteiger partial charge in [0.15, 0.2) is 0 Å². The van der Waals surface area contributed by atoms with E-state index in [0.29, 0.717) is 26.1 Å². The second-order valence-electron chi connectivity index (χ2n) is 10.1. The SMILES string of the molecule is CCCN(CCC)C(=O)c1cc(C(N)=O)cc(C(=O)N[C@@H](Cc2cccc(Br)c2)[C@H](O)CNCc2ccccc2)c1. The number of carbonyl (C=O) groups excluding carboxylic acids is 3. The number of aliphatic hydroxyl groups excluding tert-OH is 1. The van der Waals surface area contributed by atoms with Crippen molar-refractivity contribution in [2.45, 2.75) is 51.8 Å². The third-order valence-corrected chi connectivity index (χ3v) is 7.15. The van der Waals surface area contributed by atoms with E-state index in [1.54, 1.807) is 4.90 Å². The van der Waals surface area contributed by atoms with Gasteiger partial charge in [-0.2, -0.15) is 0 Å². The minimum absolute atomic E-state index is 0.0718. The van der Waals surface area contributed by atoms with E-state index < -0.39 is 24.0 Å². The first-order valence-electron chi connectivity index (χ1n) is 13.9. The van der Waals surface area contributed by atoms with E-state index in [0.717, 1.165) is 28.4 Å². The van der Waals surface area contributed by atoms with Crippen LogP contribution < -0.4 is 16.4 Å². The van der Waals surface area contributed by atoms with Crippen LogP contribution in [0.2, 0.25) is 0 Å². The lowest BCUT2D eigenvalue weighted by Crippen LogP contribution is -2.48. The summed E-state index contributed by atoms with van der Waals surface area (Å²) in [4.78, 5) is 40.7. The summed E-state index contributed by atoms with van der Waals surface area (Å²) >= 11 is 3.48. The van der Waals surface area contributed by atoms with Crippen LogP contribution in [-0.2, 0) is 13.0 Å². The summed E-state index contributed by atoms with van der Waals surface area (Å²) in [7, 11) is 0. The zero-order valence-electron chi connectivity index (χ0n) is 23.6. The summed E-state index contributed by atoms with van der Waals surface area (Å²) in [5, 5.41) is 17.4. The lowest BCUT2D eigenvalue weighted by atomic mass is 9.99. The third-order valence-electron chi connectivity index (χ3n) is 6.65. The third kappa shape index (κ3) is 9.81. The lowest BCUT2D eigenvalue weighted by molar-refractivity contribution is 0.0755. The van der Waals surface area contributed by atoms with E-state index in [-0.39, 0.29) is 29.1 Å². The van der Waals surface area contributed by atoms with E-state index in [1.165, 1.54) is 18.2 Å². The summed E-state index contributed by atoms with van der Waals surface area (Å²) in [6, 6.07) is 21.1. The maximum absolute atomic E-state index is 13.6. The molecule has 0 bridgehead atoms. The lowest BCUT2D eigenvalue weighted by Gasteiger charge is -2.25. The molecule has 0 aliphatic heterocycles. The van der Waals surface area contributed by atoms with Crippen LogP contribution in [0.3, 0.4) is 0 Å². The van der Waals surface area contributed by atoms with E-state index in [1.807, 2.05) is 68.4 Å². The van der Waals surface area contributed by atoms with Crippen molar-refractivity contribution >= 4 is 33.7 Å². The van der Waals surface area contributed by atoms with Gasteiger partial charge in [0.05, 0.1) is 12.1 Å². The van der Waals surface area contributed by atoms with Crippen molar-refractivity contribution in [1.29, 1.82) is 0 Å². The molecule has 3 aromatic carbocycles. The van der Waals surface area contributed by atoms with E-state index >= 15 is 0 Å². The molecule has 3 rings (SSSR count). The van der Waals surface area contributed by atoms with Gasteiger partial charge in [-0.05, 0) is 60.7 Å². The Balaban J connectivity index is 1.85. The molecule has 0 saturated carbocycles. The minimum atomic E-state index is -0.924. The molecule has 9 heteroatoms. The predicted molar refractivity (Wildman–Crippen MR) is 165 cm³/mol. The van der Waals surface area contributed by atoms with Gasteiger partial charge in [-0.25, -0.2) is 0 Å². The second kappa shape index (κ2) is 16.0. The summed E-state index contributed by atoms with van der Waals surface area (Å²) in [6.45, 7) is 5.90. The summed E-state index contributed by atoms with van der Waals surface area (Å²) < 4.78 is 0.887. The Kier molecular flexibility index (Phi) is 12.5. The maximum atomic E-state index is 13.6. The Morgan fingerprint density at radius 3 is 2.15 bits per heavy atom. The smallest absolute Gasteiger partial charge is 0.253 e. The number of rotatable bonds is 15. The highest BCUT2D eigenvalue weighted by Crippen LogP contribution is 2.17. The van der Waals surface area contributed by atoms with Crippen LogP contribution in [0.4, 0.5) is 0 Å². The van der Waals surface area contributed by atoms with Gasteiger partial charge in [0.25, 0.3) is 11.8 Å². The molecule has 3 aromatic rings. The highest BCUT2D eigenvalue weighted by atomic mass is 79.9. The molecule has 0 spiro atoms. The van der Waals surface area contributed by atoms with Crippen molar-refractivity contribution < 1.29 is 19.5 Å². The Hall–Kier alpha value is -3.53. The summed E-state index contributed by atoms with van der Waals surface area (Å²) in [5.41, 5.74) is 7.98. The molecule has 0 heterocycles. The van der Waals surface area contributed by atoms with Gasteiger partial charge in [0, 0.05) is 47.3 Å². The Morgan fingerprint density at radius 1 is 0.878 bits per heavy atom. The van der Waals surface area contributed by atoms with Gasteiger partial charge in [-0.15, -0.1) is 0 Å². The molecule has 0 fully saturated rings. The molecule has 218 valence electrons. The zero-order chi connectivity index (χ0) is 29.8. The first kappa shape index (κ1) is 32.0. The number of nitrogens with one attached hydrogen (secondary N) is 2. The summed E-state index contributed by atoms with van der Waals surface area (Å²) in [5.74, 6) is -1.51. The van der Waals surface area contributed by atoms with Crippen LogP contribution in [0.1, 0.15) is 68.9 Å². The largest absolute Gasteiger partial charge is 0.390 e. The van der Waals surface area contributed by atoms with Crippen molar-refractivity contribution in [2.24, 2.45) is 5.73 Å². The van der Waals surface area contributed by atoms with Crippen LogP contribution in [0.5, 0.6) is 0 Å². The van der Waals surface area contributed by atoms with Crippen molar-refractivity contribution in [1.82, 2.24) is 15.5 Å². The molecular formula is C32H39BrN4O4. The number of carbonyl (C=O) groups is 3. The number of hydrogen-bond donors (Lipinski definition) is 4. The molecule has 8 nitrogen and oxygen atoms in total. The van der Waals surface area contributed by atoms with Crippen molar-refractivity contribution in [3.05, 3.63) is 105 Å². The monoisotopic (exact) mass is 622 g/mol. The van der Waals surface area contributed by atoms with Crippen LogP contribution in [0.25, 0.3) is 0 Å². The van der Waals surface area contributed by atoms with Crippen LogP contribution in [-0.4, -0.2) is 59.5 Å². The molecule has 5 N–H and O–H groups in total. The number of halogens is 1. The maximum Gasteiger partial charge on any atom is 0.253 e. The normalized spacial score (nSPS) is 12.4. The molecule has 2 atom stereocenters. The number of benzene rings is 3. The van der Waals surface area contributed by atoms with Crippen LogP contribution in [0, 0.1) is 0 Å². The molecule has 0 aromatic heterocycles. The van der Waals surface area contributed by atoms with Crippen molar-refractivity contribution in [3.63, 3.8) is 0 Å². The molecular weight excluding hydrogens is 584 g/mol. The number of primary amides is 1. The van der Waals surface area contributed by atoms with E-state index in [4.69, 9.17) is 5.73 Å². The first-order valence-corrected chi connectivity index (χ1v) is 14.7. The topological polar surface area (TPSA) is 125 Å². The van der Waals surface area contributed by atoms with Gasteiger partial charge in [-0.3, -0.25) is 14.4 Å². The van der Waals surface area contributed by atoms with Crippen LogP contribution in [0.15, 0.2) is 77.3 Å². The number of aliphatic hydroxyl groups is 1. The molecule has 0 saturated heterocycles. The number of amides is 3. The molecule has 0 radical (unpaired) electrons. The van der Waals surface area contributed by atoms with E-state index in [2.05, 4.69) is 26.6 Å². The molecule has 3 amide bonds. The molecule has 41 heavy (non-hydrogen) atoms. The average Bonchev–Trinajstić information content (AvgIpc) is 2.96. The van der Waals surface area contributed by atoms with Crippen LogP contribution >= 0.6 is 15.9 Å². The number of nitrogens with two attached hydrogens (primary N) is 1. The fraction of sp³-hybridized carbons (Fsp3) is 0.344. The first-order chi connectivity index (χ1) is 19.7.